The number of fused-ring (bicyclic) bond motifs is 3. The summed E-state index contributed by atoms with van der Waals surface area (Å²) in [5, 5.41) is 15.3. The Morgan fingerprint density at radius 2 is 1.93 bits per heavy atom. The van der Waals surface area contributed by atoms with E-state index >= 15 is 0 Å². The summed E-state index contributed by atoms with van der Waals surface area (Å²) in [6, 6.07) is 10.7. The number of rotatable bonds is 6. The minimum Gasteiger partial charge on any atom is -0.481 e. The molecule has 0 saturated heterocycles. The fourth-order valence-electron chi connectivity index (χ4n) is 3.98. The zero-order chi connectivity index (χ0) is 21.4. The van der Waals surface area contributed by atoms with Gasteiger partial charge in [0.2, 0.25) is 0 Å². The monoisotopic (exact) mass is 409 g/mol. The Balaban J connectivity index is 2.20. The lowest BCUT2D eigenvalue weighted by Gasteiger charge is -2.21. The maximum atomic E-state index is 14.9. The van der Waals surface area contributed by atoms with Crippen LogP contribution in [0, 0.1) is 11.6 Å². The lowest BCUT2D eigenvalue weighted by Crippen LogP contribution is -2.18. The third kappa shape index (κ3) is 3.20. The van der Waals surface area contributed by atoms with Gasteiger partial charge < -0.3 is 5.11 Å². The Hall–Kier alpha value is -3.35. The van der Waals surface area contributed by atoms with Crippen LogP contribution in [0.5, 0.6) is 0 Å². The summed E-state index contributed by atoms with van der Waals surface area (Å²) in [7, 11) is 0. The number of carbonyl (C=O) groups is 1. The van der Waals surface area contributed by atoms with Crippen molar-refractivity contribution in [2.24, 2.45) is 0 Å². The maximum absolute atomic E-state index is 14.9. The first-order valence-corrected chi connectivity index (χ1v) is 9.94. The summed E-state index contributed by atoms with van der Waals surface area (Å²) >= 11 is 0. The largest absolute Gasteiger partial charge is 0.481 e. The molecule has 1 N–H and O–H groups in total. The van der Waals surface area contributed by atoms with E-state index in [9.17, 15) is 18.7 Å². The fraction of sp³-hybridized carbons (Fsp3) is 0.261. The highest BCUT2D eigenvalue weighted by Gasteiger charge is 2.30. The smallest absolute Gasteiger partial charge is 0.311 e. The summed E-state index contributed by atoms with van der Waals surface area (Å²) < 4.78 is 30.1. The van der Waals surface area contributed by atoms with Gasteiger partial charge in [0.25, 0.3) is 0 Å². The van der Waals surface area contributed by atoms with Gasteiger partial charge in [-0.1, -0.05) is 32.4 Å². The average Bonchev–Trinajstić information content (AvgIpc) is 3.09. The van der Waals surface area contributed by atoms with Gasteiger partial charge in [-0.2, -0.15) is 5.10 Å². The zero-order valence-electron chi connectivity index (χ0n) is 16.7. The first-order valence-electron chi connectivity index (χ1n) is 9.94. The average molecular weight is 409 g/mol. The Bertz CT molecular complexity index is 1270. The van der Waals surface area contributed by atoms with Crippen molar-refractivity contribution in [1.29, 1.82) is 0 Å². The first-order chi connectivity index (χ1) is 14.5. The second-order valence-corrected chi connectivity index (χ2v) is 7.23. The number of carboxylic acids is 1. The SMILES string of the molecule is CCCC(C(=O)O)c1c(CC)nc2c3ccccc3nn2c1-c1ccc(F)cc1F. The van der Waals surface area contributed by atoms with Crippen molar-refractivity contribution < 1.29 is 18.7 Å². The molecule has 4 rings (SSSR count). The third-order valence-corrected chi connectivity index (χ3v) is 5.32. The number of benzene rings is 2. The van der Waals surface area contributed by atoms with Crippen molar-refractivity contribution >= 4 is 22.5 Å². The minimum atomic E-state index is -1.01. The quantitative estimate of drug-likeness (QED) is 0.466. The van der Waals surface area contributed by atoms with Gasteiger partial charge in [-0.25, -0.2) is 18.3 Å². The van der Waals surface area contributed by atoms with Gasteiger partial charge in [0.1, 0.15) is 11.6 Å². The number of aromatic nitrogens is 3. The lowest BCUT2D eigenvalue weighted by atomic mass is 9.88. The van der Waals surface area contributed by atoms with Gasteiger partial charge in [-0.3, -0.25) is 4.79 Å². The molecule has 2 heterocycles. The molecular formula is C23H21F2N3O2. The standard InChI is InChI=1S/C23H21F2N3O2/c1-3-7-16(23(29)30)20-18(4-2)26-22-15-8-5-6-9-19(15)27-28(22)21(20)14-11-10-13(24)12-17(14)25/h5-6,8-12,16H,3-4,7H2,1-2H3,(H,29,30). The van der Waals surface area contributed by atoms with E-state index in [4.69, 9.17) is 4.98 Å². The molecule has 0 amide bonds. The molecule has 7 heteroatoms. The van der Waals surface area contributed by atoms with Gasteiger partial charge >= 0.3 is 5.97 Å². The van der Waals surface area contributed by atoms with E-state index in [1.54, 1.807) is 0 Å². The minimum absolute atomic E-state index is 0.101. The second kappa shape index (κ2) is 7.82. The Kier molecular flexibility index (Phi) is 5.20. The van der Waals surface area contributed by atoms with Crippen LogP contribution in [0.25, 0.3) is 27.8 Å². The van der Waals surface area contributed by atoms with E-state index < -0.39 is 23.5 Å². The molecule has 30 heavy (non-hydrogen) atoms. The molecule has 4 aromatic rings. The third-order valence-electron chi connectivity index (χ3n) is 5.32. The van der Waals surface area contributed by atoms with Crippen LogP contribution < -0.4 is 0 Å². The van der Waals surface area contributed by atoms with Crippen LogP contribution in [0.3, 0.4) is 0 Å². The molecule has 2 aromatic carbocycles. The van der Waals surface area contributed by atoms with Crippen molar-refractivity contribution in [2.45, 2.75) is 39.0 Å². The molecule has 1 atom stereocenters. The van der Waals surface area contributed by atoms with E-state index in [-0.39, 0.29) is 5.56 Å². The van der Waals surface area contributed by atoms with Gasteiger partial charge in [0.15, 0.2) is 5.65 Å². The summed E-state index contributed by atoms with van der Waals surface area (Å²) in [5.74, 6) is -3.36. The summed E-state index contributed by atoms with van der Waals surface area (Å²) in [4.78, 5) is 16.9. The van der Waals surface area contributed by atoms with E-state index in [1.807, 2.05) is 38.1 Å². The number of carboxylic acid groups (broad SMARTS) is 1. The molecular weight excluding hydrogens is 388 g/mol. The molecule has 154 valence electrons. The topological polar surface area (TPSA) is 67.5 Å². The summed E-state index contributed by atoms with van der Waals surface area (Å²) in [5.41, 5.74) is 2.60. The Labute approximate surface area is 172 Å². The van der Waals surface area contributed by atoms with E-state index in [1.165, 1.54) is 16.6 Å². The molecule has 2 aromatic heterocycles. The van der Waals surface area contributed by atoms with Crippen molar-refractivity contribution in [3.8, 4) is 11.3 Å². The number of hydrogen-bond acceptors (Lipinski definition) is 3. The van der Waals surface area contributed by atoms with Gasteiger partial charge in [-0.15, -0.1) is 0 Å². The highest BCUT2D eigenvalue weighted by atomic mass is 19.1. The number of nitrogens with zero attached hydrogens (tertiary/aromatic N) is 3. The summed E-state index contributed by atoms with van der Waals surface area (Å²) in [6.07, 6.45) is 1.46. The number of aryl methyl sites for hydroxylation is 1. The Morgan fingerprint density at radius 3 is 2.60 bits per heavy atom. The van der Waals surface area contributed by atoms with Crippen molar-refractivity contribution in [2.75, 3.05) is 0 Å². The zero-order valence-corrected chi connectivity index (χ0v) is 16.7. The van der Waals surface area contributed by atoms with E-state index in [0.717, 1.165) is 11.5 Å². The van der Waals surface area contributed by atoms with Crippen molar-refractivity contribution in [3.63, 3.8) is 0 Å². The molecule has 0 spiro atoms. The van der Waals surface area contributed by atoms with Crippen LogP contribution in [-0.4, -0.2) is 25.7 Å². The molecule has 0 aliphatic carbocycles. The molecule has 1 unspecified atom stereocenters. The van der Waals surface area contributed by atoms with Crippen LogP contribution in [-0.2, 0) is 11.2 Å². The number of halogens is 2. The Morgan fingerprint density at radius 1 is 1.17 bits per heavy atom. The molecule has 0 saturated carbocycles. The van der Waals surface area contributed by atoms with Crippen LogP contribution >= 0.6 is 0 Å². The predicted octanol–water partition coefficient (Wildman–Crippen LogP) is 5.36. The first kappa shape index (κ1) is 19.9. The van der Waals surface area contributed by atoms with E-state index in [0.29, 0.717) is 47.4 Å². The van der Waals surface area contributed by atoms with Gasteiger partial charge in [-0.05, 0) is 37.1 Å². The van der Waals surface area contributed by atoms with Crippen LogP contribution in [0.15, 0.2) is 42.5 Å². The molecule has 0 aliphatic heterocycles. The number of hydrogen-bond donors (Lipinski definition) is 1. The van der Waals surface area contributed by atoms with Crippen LogP contribution in [0.1, 0.15) is 43.9 Å². The molecule has 0 aliphatic rings. The van der Waals surface area contributed by atoms with Crippen LogP contribution in [0.2, 0.25) is 0 Å². The second-order valence-electron chi connectivity index (χ2n) is 7.23. The molecule has 5 nitrogen and oxygen atoms in total. The summed E-state index contributed by atoms with van der Waals surface area (Å²) in [6.45, 7) is 3.78. The van der Waals surface area contributed by atoms with Crippen molar-refractivity contribution in [1.82, 2.24) is 14.6 Å². The van der Waals surface area contributed by atoms with Crippen molar-refractivity contribution in [3.05, 3.63) is 65.4 Å². The van der Waals surface area contributed by atoms with Gasteiger partial charge in [0.05, 0.1) is 17.1 Å². The maximum Gasteiger partial charge on any atom is 0.311 e. The fourth-order valence-corrected chi connectivity index (χ4v) is 3.98. The highest BCUT2D eigenvalue weighted by Crippen LogP contribution is 2.37. The van der Waals surface area contributed by atoms with Crippen LogP contribution in [0.4, 0.5) is 8.78 Å². The predicted molar refractivity (Wildman–Crippen MR) is 111 cm³/mol. The van der Waals surface area contributed by atoms with E-state index in [2.05, 4.69) is 5.10 Å². The molecule has 0 radical (unpaired) electrons. The highest BCUT2D eigenvalue weighted by molar-refractivity contribution is 5.94. The number of aliphatic carboxylic acids is 1. The molecule has 0 bridgehead atoms. The normalized spacial score (nSPS) is 12.5. The van der Waals surface area contributed by atoms with Gasteiger partial charge in [0, 0.05) is 28.3 Å². The lowest BCUT2D eigenvalue weighted by molar-refractivity contribution is -0.139. The molecule has 0 fully saturated rings.